The number of carbonyl (C=O) groups excluding carboxylic acids is 1. The van der Waals surface area contributed by atoms with Crippen LogP contribution in [0.25, 0.3) is 0 Å². The number of hydrogen-bond acceptors (Lipinski definition) is 3. The second-order valence-corrected chi connectivity index (χ2v) is 6.55. The zero-order valence-corrected chi connectivity index (χ0v) is 13.3. The summed E-state index contributed by atoms with van der Waals surface area (Å²) in [5.74, 6) is -0.779. The van der Waals surface area contributed by atoms with Crippen LogP contribution in [-0.4, -0.2) is 78.1 Å². The molecule has 2 fully saturated rings. The van der Waals surface area contributed by atoms with E-state index < -0.39 is 11.4 Å². The van der Waals surface area contributed by atoms with Crippen LogP contribution in [0.5, 0.6) is 0 Å². The molecular formula is C15H27N3O3. The first-order valence-electron chi connectivity index (χ1n) is 7.83. The molecule has 2 aliphatic rings. The maximum absolute atomic E-state index is 12.5. The van der Waals surface area contributed by atoms with Crippen LogP contribution in [0.4, 0.5) is 4.79 Å². The minimum atomic E-state index is -0.779. The van der Waals surface area contributed by atoms with Gasteiger partial charge in [-0.3, -0.25) is 4.79 Å². The van der Waals surface area contributed by atoms with Crippen molar-refractivity contribution in [2.75, 3.05) is 40.3 Å². The van der Waals surface area contributed by atoms with Crippen LogP contribution in [0.2, 0.25) is 0 Å². The SMILES string of the molecule is CCC1(C(=O)O)CCN(C(=O)N(C)CC2CCCN2C)C1. The van der Waals surface area contributed by atoms with Gasteiger partial charge in [0.25, 0.3) is 0 Å². The van der Waals surface area contributed by atoms with E-state index in [1.165, 1.54) is 6.42 Å². The van der Waals surface area contributed by atoms with Gasteiger partial charge in [0, 0.05) is 32.7 Å². The molecule has 21 heavy (non-hydrogen) atoms. The largest absolute Gasteiger partial charge is 0.481 e. The van der Waals surface area contributed by atoms with Gasteiger partial charge >= 0.3 is 12.0 Å². The Morgan fingerprint density at radius 1 is 1.38 bits per heavy atom. The van der Waals surface area contributed by atoms with Gasteiger partial charge in [-0.25, -0.2) is 4.79 Å². The summed E-state index contributed by atoms with van der Waals surface area (Å²) in [5, 5.41) is 9.41. The molecule has 2 amide bonds. The predicted octanol–water partition coefficient (Wildman–Crippen LogP) is 1.32. The number of amides is 2. The highest BCUT2D eigenvalue weighted by Gasteiger charge is 2.45. The highest BCUT2D eigenvalue weighted by Crippen LogP contribution is 2.34. The molecule has 1 N–H and O–H groups in total. The highest BCUT2D eigenvalue weighted by atomic mass is 16.4. The molecule has 0 aromatic heterocycles. The molecule has 120 valence electrons. The van der Waals surface area contributed by atoms with Gasteiger partial charge in [-0.1, -0.05) is 6.92 Å². The van der Waals surface area contributed by atoms with Crippen molar-refractivity contribution in [1.82, 2.24) is 14.7 Å². The Balaban J connectivity index is 1.93. The Morgan fingerprint density at radius 3 is 2.57 bits per heavy atom. The van der Waals surface area contributed by atoms with Crippen molar-refractivity contribution in [3.63, 3.8) is 0 Å². The summed E-state index contributed by atoms with van der Waals surface area (Å²) < 4.78 is 0. The quantitative estimate of drug-likeness (QED) is 0.850. The number of carbonyl (C=O) groups is 2. The molecule has 0 aromatic carbocycles. The molecule has 2 aliphatic heterocycles. The van der Waals surface area contributed by atoms with Crippen LogP contribution in [0.1, 0.15) is 32.6 Å². The lowest BCUT2D eigenvalue weighted by atomic mass is 9.84. The lowest BCUT2D eigenvalue weighted by molar-refractivity contribution is -0.148. The Hall–Kier alpha value is -1.30. The predicted molar refractivity (Wildman–Crippen MR) is 80.2 cm³/mol. The van der Waals surface area contributed by atoms with Crippen LogP contribution in [0.3, 0.4) is 0 Å². The number of likely N-dealkylation sites (tertiary alicyclic amines) is 2. The van der Waals surface area contributed by atoms with Crippen molar-refractivity contribution >= 4 is 12.0 Å². The third-order valence-corrected chi connectivity index (χ3v) is 5.24. The minimum absolute atomic E-state index is 0.0353. The van der Waals surface area contributed by atoms with Crippen molar-refractivity contribution in [2.24, 2.45) is 5.41 Å². The molecular weight excluding hydrogens is 270 g/mol. The first-order chi connectivity index (χ1) is 9.89. The molecule has 2 heterocycles. The molecule has 0 bridgehead atoms. The summed E-state index contributed by atoms with van der Waals surface area (Å²) in [6, 6.07) is 0.392. The fourth-order valence-electron chi connectivity index (χ4n) is 3.50. The Bertz CT molecular complexity index is 415. The van der Waals surface area contributed by atoms with Crippen molar-refractivity contribution in [3.05, 3.63) is 0 Å². The molecule has 6 heteroatoms. The summed E-state index contributed by atoms with van der Waals surface area (Å²) in [6.45, 7) is 4.58. The first kappa shape index (κ1) is 16.1. The van der Waals surface area contributed by atoms with E-state index in [-0.39, 0.29) is 6.03 Å². The Kier molecular flexibility index (Phi) is 4.76. The van der Waals surface area contributed by atoms with Gasteiger partial charge in [0.15, 0.2) is 0 Å². The fraction of sp³-hybridized carbons (Fsp3) is 0.867. The normalized spacial score (nSPS) is 29.9. The van der Waals surface area contributed by atoms with E-state index in [0.29, 0.717) is 32.0 Å². The van der Waals surface area contributed by atoms with E-state index >= 15 is 0 Å². The smallest absolute Gasteiger partial charge is 0.319 e. The molecule has 0 spiro atoms. The summed E-state index contributed by atoms with van der Waals surface area (Å²) in [7, 11) is 3.92. The summed E-state index contributed by atoms with van der Waals surface area (Å²) in [5.41, 5.74) is -0.749. The van der Waals surface area contributed by atoms with E-state index in [2.05, 4.69) is 11.9 Å². The third kappa shape index (κ3) is 3.15. The monoisotopic (exact) mass is 297 g/mol. The van der Waals surface area contributed by atoms with Crippen molar-refractivity contribution in [1.29, 1.82) is 0 Å². The minimum Gasteiger partial charge on any atom is -0.481 e. The van der Waals surface area contributed by atoms with Gasteiger partial charge in [0.05, 0.1) is 5.41 Å². The number of likely N-dealkylation sites (N-methyl/N-ethyl adjacent to an activating group) is 2. The van der Waals surface area contributed by atoms with Gasteiger partial charge in [-0.05, 0) is 39.3 Å². The van der Waals surface area contributed by atoms with Crippen LogP contribution < -0.4 is 0 Å². The second kappa shape index (κ2) is 6.22. The number of urea groups is 1. The number of carboxylic acid groups (broad SMARTS) is 1. The van der Waals surface area contributed by atoms with E-state index in [0.717, 1.165) is 19.5 Å². The lowest BCUT2D eigenvalue weighted by Crippen LogP contribution is -2.46. The van der Waals surface area contributed by atoms with Gasteiger partial charge in [-0.2, -0.15) is 0 Å². The molecule has 0 radical (unpaired) electrons. The zero-order chi connectivity index (χ0) is 15.6. The molecule has 2 saturated heterocycles. The standard InChI is InChI=1S/C15H27N3O3/c1-4-15(13(19)20)7-9-18(11-15)14(21)17(3)10-12-6-5-8-16(12)2/h12H,4-11H2,1-3H3,(H,19,20). The average molecular weight is 297 g/mol. The summed E-state index contributed by atoms with van der Waals surface area (Å²) in [6.07, 6.45) is 3.44. The average Bonchev–Trinajstić information content (AvgIpc) is 3.06. The second-order valence-electron chi connectivity index (χ2n) is 6.55. The van der Waals surface area contributed by atoms with Crippen LogP contribution in [0, 0.1) is 5.41 Å². The number of hydrogen-bond donors (Lipinski definition) is 1. The number of rotatable bonds is 4. The van der Waals surface area contributed by atoms with Crippen LogP contribution >= 0.6 is 0 Å². The van der Waals surface area contributed by atoms with Crippen molar-refractivity contribution < 1.29 is 14.7 Å². The molecule has 6 nitrogen and oxygen atoms in total. The van der Waals surface area contributed by atoms with Gasteiger partial charge in [0.1, 0.15) is 0 Å². The topological polar surface area (TPSA) is 64.1 Å². The van der Waals surface area contributed by atoms with Gasteiger partial charge < -0.3 is 19.8 Å². The van der Waals surface area contributed by atoms with Gasteiger partial charge in [0.2, 0.25) is 0 Å². The summed E-state index contributed by atoms with van der Waals surface area (Å²) in [4.78, 5) is 29.7. The number of carboxylic acids is 1. The Labute approximate surface area is 126 Å². The molecule has 2 atom stereocenters. The van der Waals surface area contributed by atoms with Crippen molar-refractivity contribution in [3.8, 4) is 0 Å². The zero-order valence-electron chi connectivity index (χ0n) is 13.3. The lowest BCUT2D eigenvalue weighted by Gasteiger charge is -2.30. The van der Waals surface area contributed by atoms with Gasteiger partial charge in [-0.15, -0.1) is 0 Å². The van der Waals surface area contributed by atoms with Crippen molar-refractivity contribution in [2.45, 2.75) is 38.6 Å². The number of nitrogens with zero attached hydrogens (tertiary/aromatic N) is 3. The van der Waals surface area contributed by atoms with E-state index in [4.69, 9.17) is 0 Å². The first-order valence-corrected chi connectivity index (χ1v) is 7.83. The third-order valence-electron chi connectivity index (χ3n) is 5.24. The highest BCUT2D eigenvalue weighted by molar-refractivity contribution is 5.79. The van der Waals surface area contributed by atoms with E-state index in [1.807, 2.05) is 14.0 Å². The molecule has 0 saturated carbocycles. The summed E-state index contributed by atoms with van der Waals surface area (Å²) >= 11 is 0. The Morgan fingerprint density at radius 2 is 2.10 bits per heavy atom. The van der Waals surface area contributed by atoms with E-state index in [9.17, 15) is 14.7 Å². The number of aliphatic carboxylic acids is 1. The molecule has 0 aliphatic carbocycles. The molecule has 0 aromatic rings. The maximum Gasteiger partial charge on any atom is 0.319 e. The fourth-order valence-corrected chi connectivity index (χ4v) is 3.50. The van der Waals surface area contributed by atoms with Crippen LogP contribution in [-0.2, 0) is 4.79 Å². The maximum atomic E-state index is 12.5. The van der Waals surface area contributed by atoms with Crippen LogP contribution in [0.15, 0.2) is 0 Å². The molecule has 2 rings (SSSR count). The van der Waals surface area contributed by atoms with E-state index in [1.54, 1.807) is 9.80 Å². The molecule has 2 unspecified atom stereocenters.